The van der Waals surface area contributed by atoms with Crippen molar-refractivity contribution in [2.75, 3.05) is 5.32 Å². The van der Waals surface area contributed by atoms with Gasteiger partial charge in [-0.25, -0.2) is 23.9 Å². The van der Waals surface area contributed by atoms with Crippen LogP contribution in [0.2, 0.25) is 0 Å². The molecule has 4 aromatic rings. The van der Waals surface area contributed by atoms with Crippen LogP contribution in [0.3, 0.4) is 0 Å². The van der Waals surface area contributed by atoms with Crippen molar-refractivity contribution < 1.29 is 46.5 Å². The summed E-state index contributed by atoms with van der Waals surface area (Å²) >= 11 is 0.918. The predicted octanol–water partition coefficient (Wildman–Crippen LogP) is 2.87. The van der Waals surface area contributed by atoms with Crippen molar-refractivity contribution in [3.8, 4) is 0 Å². The van der Waals surface area contributed by atoms with Crippen LogP contribution in [0, 0.1) is 0 Å². The number of β-lactam (4-membered cyclic amide) rings is 1. The molecule has 2 aliphatic rings. The molecule has 6 rings (SSSR count). The lowest BCUT2D eigenvalue weighted by atomic mass is 9.98. The standard InChI is InChI=1S/C33H34N8O10S2/c1-32(2,3)50-31(45)38-30-36-22(17-52-30)24(27(42)37-25-23(16-40-19-34-18-35-40)41(28(25)43)53(46,47)48)39-51-33(14-15-33)29(44)49-26(20-10-6-4-7-11-20)21-12-8-5-9-13-21/h4-13,17-19,23,25-26H,14-16H2,1-3H3,(H,37,42)(H,36,38,45)(H,46,47,48)/t23-,25+/m1/s1. The van der Waals surface area contributed by atoms with Gasteiger partial charge in [0, 0.05) is 18.2 Å². The van der Waals surface area contributed by atoms with Crippen molar-refractivity contribution in [2.24, 2.45) is 5.16 Å². The predicted molar refractivity (Wildman–Crippen MR) is 187 cm³/mol. The van der Waals surface area contributed by atoms with Gasteiger partial charge >= 0.3 is 22.4 Å². The van der Waals surface area contributed by atoms with Crippen molar-refractivity contribution in [3.63, 3.8) is 0 Å². The van der Waals surface area contributed by atoms with Gasteiger partial charge < -0.3 is 19.6 Å². The van der Waals surface area contributed by atoms with Crippen molar-refractivity contribution >= 4 is 56.4 Å². The van der Waals surface area contributed by atoms with Crippen molar-refractivity contribution in [1.29, 1.82) is 0 Å². The molecule has 1 aliphatic carbocycles. The van der Waals surface area contributed by atoms with Gasteiger partial charge in [0.25, 0.3) is 11.8 Å². The summed E-state index contributed by atoms with van der Waals surface area (Å²) in [6, 6.07) is 15.4. The SMILES string of the molecule is CC(C)(C)OC(=O)Nc1nc(C(=NOC2(C(=O)OC(c3ccccc3)c3ccccc3)CC2)C(=O)N[C@@H]2C(=O)N(S(=O)(=O)O)[C@@H]2Cn2cncn2)cs1. The highest BCUT2D eigenvalue weighted by Gasteiger charge is 2.57. The summed E-state index contributed by atoms with van der Waals surface area (Å²) in [5.74, 6) is -2.92. The molecule has 1 saturated heterocycles. The number of thiazole rings is 1. The Morgan fingerprint density at radius 2 is 1.72 bits per heavy atom. The summed E-state index contributed by atoms with van der Waals surface area (Å²) in [5, 5.41) is 14.2. The summed E-state index contributed by atoms with van der Waals surface area (Å²) in [7, 11) is -5.01. The fourth-order valence-corrected chi connectivity index (χ4v) is 6.83. The van der Waals surface area contributed by atoms with E-state index in [0.717, 1.165) is 11.3 Å². The van der Waals surface area contributed by atoms with Gasteiger partial charge in [0.2, 0.25) is 5.60 Å². The Labute approximate surface area is 307 Å². The number of ether oxygens (including phenoxy) is 2. The average Bonchev–Trinajstić information content (AvgIpc) is 3.45. The van der Waals surface area contributed by atoms with Crippen LogP contribution in [-0.2, 0) is 45.5 Å². The molecule has 278 valence electrons. The monoisotopic (exact) mass is 766 g/mol. The smallest absolute Gasteiger partial charge is 0.413 e. The molecular formula is C33H34N8O10S2. The molecule has 0 unspecified atom stereocenters. The molecule has 18 nitrogen and oxygen atoms in total. The Balaban J connectivity index is 1.27. The van der Waals surface area contributed by atoms with Gasteiger partial charge in [-0.1, -0.05) is 65.8 Å². The molecule has 0 radical (unpaired) electrons. The summed E-state index contributed by atoms with van der Waals surface area (Å²) in [4.78, 5) is 66.8. The number of anilines is 1. The number of nitrogens with one attached hydrogen (secondary N) is 2. The topological polar surface area (TPSA) is 234 Å². The van der Waals surface area contributed by atoms with E-state index in [1.807, 2.05) is 60.7 Å². The third-order valence-corrected chi connectivity index (χ3v) is 9.64. The first-order valence-corrected chi connectivity index (χ1v) is 18.4. The Morgan fingerprint density at radius 1 is 1.08 bits per heavy atom. The number of esters is 1. The van der Waals surface area contributed by atoms with E-state index in [-0.39, 0.29) is 34.5 Å². The van der Waals surface area contributed by atoms with Crippen molar-refractivity contribution in [3.05, 3.63) is 95.5 Å². The molecule has 53 heavy (non-hydrogen) atoms. The number of nitrogens with zero attached hydrogens (tertiary/aromatic N) is 6. The first-order valence-electron chi connectivity index (χ1n) is 16.1. The molecule has 0 spiro atoms. The number of carbonyl (C=O) groups is 4. The second-order valence-electron chi connectivity index (χ2n) is 13.0. The highest BCUT2D eigenvalue weighted by Crippen LogP contribution is 2.43. The summed E-state index contributed by atoms with van der Waals surface area (Å²) < 4.78 is 46.5. The van der Waals surface area contributed by atoms with Gasteiger partial charge in [0.05, 0.1) is 12.6 Å². The van der Waals surface area contributed by atoms with Crippen molar-refractivity contribution in [1.82, 2.24) is 29.4 Å². The minimum absolute atomic E-state index is 0.0187. The molecule has 3 amide bonds. The number of benzene rings is 2. The van der Waals surface area contributed by atoms with Gasteiger partial charge in [0.1, 0.15) is 30.0 Å². The maximum absolute atomic E-state index is 13.9. The molecule has 2 atom stereocenters. The van der Waals surface area contributed by atoms with Gasteiger partial charge in [-0.05, 0) is 31.9 Å². The second-order valence-corrected chi connectivity index (χ2v) is 15.2. The van der Waals surface area contributed by atoms with E-state index in [9.17, 15) is 32.1 Å². The van der Waals surface area contributed by atoms with E-state index in [0.29, 0.717) is 11.1 Å². The van der Waals surface area contributed by atoms with E-state index >= 15 is 0 Å². The third kappa shape index (κ3) is 8.67. The average molecular weight is 767 g/mol. The summed E-state index contributed by atoms with van der Waals surface area (Å²) in [5.41, 5.74) is -1.60. The third-order valence-electron chi connectivity index (χ3n) is 7.93. The van der Waals surface area contributed by atoms with Gasteiger partial charge in [-0.15, -0.1) is 11.3 Å². The Hall–Kier alpha value is -5.73. The molecule has 2 aromatic carbocycles. The van der Waals surface area contributed by atoms with E-state index in [1.165, 1.54) is 22.7 Å². The summed E-state index contributed by atoms with van der Waals surface area (Å²) in [6.07, 6.45) is 1.24. The summed E-state index contributed by atoms with van der Waals surface area (Å²) in [6.45, 7) is 4.76. The number of aromatic nitrogens is 4. The number of oxime groups is 1. The normalized spacial score (nSPS) is 18.2. The number of hydrogen-bond acceptors (Lipinski definition) is 14. The zero-order chi connectivity index (χ0) is 38.0. The minimum atomic E-state index is -5.01. The van der Waals surface area contributed by atoms with Gasteiger partial charge in [-0.2, -0.15) is 13.5 Å². The van der Waals surface area contributed by atoms with Crippen LogP contribution in [0.4, 0.5) is 9.93 Å². The van der Waals surface area contributed by atoms with Crippen molar-refractivity contribution in [2.45, 2.75) is 69.5 Å². The van der Waals surface area contributed by atoms with Crippen LogP contribution in [0.25, 0.3) is 0 Å². The molecule has 1 aliphatic heterocycles. The van der Waals surface area contributed by atoms with Gasteiger partial charge in [0.15, 0.2) is 16.9 Å². The molecule has 2 fully saturated rings. The van der Waals surface area contributed by atoms with E-state index in [4.69, 9.17) is 14.3 Å². The van der Waals surface area contributed by atoms with Crippen LogP contribution in [-0.4, -0.2) is 89.9 Å². The molecular weight excluding hydrogens is 733 g/mol. The molecule has 0 bridgehead atoms. The first-order chi connectivity index (χ1) is 25.1. The lowest BCUT2D eigenvalue weighted by Gasteiger charge is -2.43. The molecule has 2 aromatic heterocycles. The van der Waals surface area contributed by atoms with Gasteiger partial charge in [-0.3, -0.25) is 24.1 Å². The van der Waals surface area contributed by atoms with E-state index < -0.39 is 69.3 Å². The number of carbonyl (C=O) groups excluding carboxylic acids is 4. The van der Waals surface area contributed by atoms with Crippen LogP contribution in [0.15, 0.2) is 83.9 Å². The Bertz CT molecular complexity index is 2080. The fraction of sp³-hybridized carbons (Fsp3) is 0.333. The molecule has 20 heteroatoms. The zero-order valence-corrected chi connectivity index (χ0v) is 30.1. The first kappa shape index (κ1) is 37.0. The number of amides is 3. The van der Waals surface area contributed by atoms with Crippen LogP contribution >= 0.6 is 11.3 Å². The maximum atomic E-state index is 13.9. The number of hydrogen-bond donors (Lipinski definition) is 3. The molecule has 3 N–H and O–H groups in total. The fourth-order valence-electron chi connectivity index (χ4n) is 5.28. The van der Waals surface area contributed by atoms with Crippen LogP contribution in [0.1, 0.15) is 56.5 Å². The second kappa shape index (κ2) is 14.7. The minimum Gasteiger partial charge on any atom is -0.450 e. The van der Waals surface area contributed by atoms with E-state index in [2.05, 4.69) is 30.9 Å². The zero-order valence-electron chi connectivity index (χ0n) is 28.5. The highest BCUT2D eigenvalue weighted by atomic mass is 32.2. The number of rotatable bonds is 13. The Morgan fingerprint density at radius 3 is 2.26 bits per heavy atom. The van der Waals surface area contributed by atoms with Crippen LogP contribution < -0.4 is 10.6 Å². The lowest BCUT2D eigenvalue weighted by molar-refractivity contribution is -0.164. The quantitative estimate of drug-likeness (QED) is 0.0585. The highest BCUT2D eigenvalue weighted by molar-refractivity contribution is 7.84. The largest absolute Gasteiger partial charge is 0.450 e. The lowest BCUT2D eigenvalue weighted by Crippen LogP contribution is -2.73. The molecule has 3 heterocycles. The molecule has 1 saturated carbocycles. The maximum Gasteiger partial charge on any atom is 0.413 e. The van der Waals surface area contributed by atoms with Crippen LogP contribution in [0.5, 0.6) is 0 Å². The Kier molecular flexibility index (Phi) is 10.3. The van der Waals surface area contributed by atoms with E-state index in [1.54, 1.807) is 20.8 Å².